The molecular formula is C18H21NO6. The highest BCUT2D eigenvalue weighted by Gasteiger charge is 2.58. The maximum absolute atomic E-state index is 12.6. The summed E-state index contributed by atoms with van der Waals surface area (Å²) in [6.45, 7) is 8.05. The number of carbonyl (C=O) groups is 3. The Labute approximate surface area is 146 Å². The van der Waals surface area contributed by atoms with Crippen LogP contribution in [0, 0.1) is 22.7 Å². The minimum atomic E-state index is -1.40. The van der Waals surface area contributed by atoms with Crippen molar-refractivity contribution in [3.8, 4) is 6.07 Å². The van der Waals surface area contributed by atoms with E-state index in [-0.39, 0.29) is 18.1 Å². The molecule has 1 aliphatic carbocycles. The van der Waals surface area contributed by atoms with Gasteiger partial charge in [-0.2, -0.15) is 5.26 Å². The van der Waals surface area contributed by atoms with Gasteiger partial charge in [-0.3, -0.25) is 9.59 Å². The van der Waals surface area contributed by atoms with Crippen LogP contribution in [-0.4, -0.2) is 29.6 Å². The van der Waals surface area contributed by atoms with Crippen molar-refractivity contribution in [1.29, 1.82) is 5.26 Å². The number of ether oxygens (including phenoxy) is 3. The monoisotopic (exact) mass is 347 g/mol. The maximum atomic E-state index is 12.6. The Bertz CT molecular complexity index is 686. The zero-order chi connectivity index (χ0) is 18.8. The molecule has 7 heteroatoms. The second-order valence-corrected chi connectivity index (χ2v) is 6.90. The minimum Gasteiger partial charge on any atom is -0.456 e. The molecule has 0 N–H and O–H groups in total. The van der Waals surface area contributed by atoms with Crippen LogP contribution in [0.4, 0.5) is 0 Å². The lowest BCUT2D eigenvalue weighted by atomic mass is 9.79. The summed E-state index contributed by atoms with van der Waals surface area (Å²) in [6, 6.07) is 2.00. The lowest BCUT2D eigenvalue weighted by Gasteiger charge is -2.34. The van der Waals surface area contributed by atoms with Gasteiger partial charge in [0.2, 0.25) is 5.60 Å². The number of fused-ring (bicyclic) bond motifs is 2. The van der Waals surface area contributed by atoms with E-state index >= 15 is 0 Å². The highest BCUT2D eigenvalue weighted by atomic mass is 16.6. The average molecular weight is 347 g/mol. The fourth-order valence-electron chi connectivity index (χ4n) is 3.13. The van der Waals surface area contributed by atoms with Gasteiger partial charge in [-0.05, 0) is 39.7 Å². The number of nitrogens with zero attached hydrogens (tertiary/aromatic N) is 1. The van der Waals surface area contributed by atoms with Gasteiger partial charge in [0, 0.05) is 12.5 Å². The largest absolute Gasteiger partial charge is 0.456 e. The van der Waals surface area contributed by atoms with E-state index in [0.717, 1.165) is 6.08 Å². The van der Waals surface area contributed by atoms with Crippen molar-refractivity contribution >= 4 is 17.9 Å². The molecule has 0 radical (unpaired) electrons. The molecule has 1 aliphatic heterocycles. The zero-order valence-electron chi connectivity index (χ0n) is 14.5. The number of rotatable bonds is 5. The molecule has 7 nitrogen and oxygen atoms in total. The topological polar surface area (TPSA) is 103 Å². The van der Waals surface area contributed by atoms with Crippen molar-refractivity contribution in [3.63, 3.8) is 0 Å². The van der Waals surface area contributed by atoms with Gasteiger partial charge in [-0.15, -0.1) is 0 Å². The van der Waals surface area contributed by atoms with Crippen molar-refractivity contribution in [1.82, 2.24) is 0 Å². The smallest absolute Gasteiger partial charge is 0.335 e. The summed E-state index contributed by atoms with van der Waals surface area (Å²) in [5, 5.41) is 9.45. The van der Waals surface area contributed by atoms with Gasteiger partial charge in [0.1, 0.15) is 11.8 Å². The minimum absolute atomic E-state index is 0.234. The molecule has 2 bridgehead atoms. The highest BCUT2D eigenvalue weighted by Crippen LogP contribution is 2.44. The van der Waals surface area contributed by atoms with Gasteiger partial charge in [0.25, 0.3) is 0 Å². The number of carbonyl (C=O) groups excluding carboxylic acids is 3. The SMILES string of the molecule is C=CC(=O)O/C(C)=C\C(C)(C)C(=O)OC1CCC2CC1(C#N)OC2=O. The first-order valence-electron chi connectivity index (χ1n) is 8.02. The third-order valence-corrected chi connectivity index (χ3v) is 4.42. The summed E-state index contributed by atoms with van der Waals surface area (Å²) >= 11 is 0. The highest BCUT2D eigenvalue weighted by molar-refractivity contribution is 5.82. The standard InChI is InChI=1S/C18H21NO6/c1-5-14(20)23-11(2)8-17(3,4)16(22)24-13-7-6-12-9-18(13,10-19)25-15(12)21/h5,8,12-13H,1,6-7,9H2,2-4H3/b11-8-. The van der Waals surface area contributed by atoms with Crippen LogP contribution in [0.5, 0.6) is 0 Å². The normalized spacial score (nSPS) is 28.6. The molecule has 1 saturated heterocycles. The van der Waals surface area contributed by atoms with Crippen LogP contribution >= 0.6 is 0 Å². The first kappa shape index (κ1) is 18.7. The van der Waals surface area contributed by atoms with E-state index < -0.39 is 35.0 Å². The molecule has 3 atom stereocenters. The van der Waals surface area contributed by atoms with E-state index in [1.165, 1.54) is 13.0 Å². The van der Waals surface area contributed by atoms with Gasteiger partial charge in [0.15, 0.2) is 6.10 Å². The molecule has 2 fully saturated rings. The second kappa shape index (κ2) is 6.71. The number of esters is 3. The zero-order valence-corrected chi connectivity index (χ0v) is 14.5. The first-order valence-corrected chi connectivity index (χ1v) is 8.02. The van der Waals surface area contributed by atoms with Gasteiger partial charge in [0.05, 0.1) is 11.3 Å². The molecule has 25 heavy (non-hydrogen) atoms. The molecule has 2 aliphatic rings. The summed E-state index contributed by atoms with van der Waals surface area (Å²) in [6.07, 6.45) is 2.82. The molecular weight excluding hydrogens is 326 g/mol. The summed E-state index contributed by atoms with van der Waals surface area (Å²) in [7, 11) is 0. The molecule has 2 rings (SSSR count). The van der Waals surface area contributed by atoms with Crippen molar-refractivity contribution in [2.24, 2.45) is 11.3 Å². The first-order chi connectivity index (χ1) is 11.6. The second-order valence-electron chi connectivity index (χ2n) is 6.90. The third kappa shape index (κ3) is 3.73. The molecule has 0 amide bonds. The van der Waals surface area contributed by atoms with Gasteiger partial charge >= 0.3 is 17.9 Å². The Morgan fingerprint density at radius 3 is 2.72 bits per heavy atom. The summed E-state index contributed by atoms with van der Waals surface area (Å²) in [5.41, 5.74) is -2.50. The van der Waals surface area contributed by atoms with E-state index in [1.54, 1.807) is 13.8 Å². The Hall–Kier alpha value is -2.62. The molecule has 0 aromatic carbocycles. The van der Waals surface area contributed by atoms with Crippen LogP contribution < -0.4 is 0 Å². The number of nitriles is 1. The van der Waals surface area contributed by atoms with E-state index in [4.69, 9.17) is 14.2 Å². The summed E-state index contributed by atoms with van der Waals surface area (Å²) in [5.74, 6) is -1.70. The summed E-state index contributed by atoms with van der Waals surface area (Å²) < 4.78 is 15.7. The van der Waals surface area contributed by atoms with E-state index in [2.05, 4.69) is 6.58 Å². The Morgan fingerprint density at radius 2 is 2.12 bits per heavy atom. The fourth-order valence-corrected chi connectivity index (χ4v) is 3.13. The number of hydrogen-bond donors (Lipinski definition) is 0. The molecule has 0 aromatic heterocycles. The Morgan fingerprint density at radius 1 is 1.44 bits per heavy atom. The summed E-state index contributed by atoms with van der Waals surface area (Å²) in [4.78, 5) is 35.5. The molecule has 0 spiro atoms. The fraction of sp³-hybridized carbons (Fsp3) is 0.556. The Balaban J connectivity index is 2.11. The predicted octanol–water partition coefficient (Wildman–Crippen LogP) is 2.18. The van der Waals surface area contributed by atoms with Crippen LogP contribution in [-0.2, 0) is 28.6 Å². The Kier molecular flexibility index (Phi) is 5.02. The lowest BCUT2D eigenvalue weighted by molar-refractivity contribution is -0.173. The lowest BCUT2D eigenvalue weighted by Crippen LogP contribution is -2.47. The van der Waals surface area contributed by atoms with Gasteiger partial charge < -0.3 is 14.2 Å². The van der Waals surface area contributed by atoms with Crippen LogP contribution in [0.2, 0.25) is 0 Å². The van der Waals surface area contributed by atoms with E-state index in [0.29, 0.717) is 12.8 Å². The van der Waals surface area contributed by atoms with Crippen LogP contribution in [0.25, 0.3) is 0 Å². The van der Waals surface area contributed by atoms with E-state index in [9.17, 15) is 19.6 Å². The molecule has 134 valence electrons. The maximum Gasteiger partial charge on any atom is 0.335 e. The molecule has 1 saturated carbocycles. The average Bonchev–Trinajstić information content (AvgIpc) is 2.81. The molecule has 0 aromatic rings. The van der Waals surface area contributed by atoms with E-state index in [1.807, 2.05) is 6.07 Å². The van der Waals surface area contributed by atoms with Gasteiger partial charge in [-0.1, -0.05) is 6.58 Å². The number of allylic oxidation sites excluding steroid dienone is 1. The van der Waals surface area contributed by atoms with Crippen molar-refractivity contribution in [2.45, 2.75) is 51.7 Å². The van der Waals surface area contributed by atoms with Crippen molar-refractivity contribution < 1.29 is 28.6 Å². The van der Waals surface area contributed by atoms with Gasteiger partial charge in [-0.25, -0.2) is 4.79 Å². The predicted molar refractivity (Wildman–Crippen MR) is 85.5 cm³/mol. The van der Waals surface area contributed by atoms with Crippen LogP contribution in [0.15, 0.2) is 24.5 Å². The molecule has 3 unspecified atom stereocenters. The van der Waals surface area contributed by atoms with Crippen LogP contribution in [0.3, 0.4) is 0 Å². The van der Waals surface area contributed by atoms with Crippen molar-refractivity contribution in [3.05, 3.63) is 24.5 Å². The number of hydrogen-bond acceptors (Lipinski definition) is 7. The molecule has 1 heterocycles. The van der Waals surface area contributed by atoms with Crippen molar-refractivity contribution in [2.75, 3.05) is 0 Å². The quantitative estimate of drug-likeness (QED) is 0.325. The van der Waals surface area contributed by atoms with Crippen LogP contribution in [0.1, 0.15) is 40.0 Å². The third-order valence-electron chi connectivity index (χ3n) is 4.42.